The number of carbonyl (C=O) groups excluding carboxylic acids is 1. The zero-order valence-electron chi connectivity index (χ0n) is 11.7. The number of aliphatic carboxylic acids is 1. The Balaban J connectivity index is 2.45. The zero-order valence-corrected chi connectivity index (χ0v) is 12.5. The summed E-state index contributed by atoms with van der Waals surface area (Å²) < 4.78 is 0. The maximum Gasteiger partial charge on any atom is 0.321 e. The van der Waals surface area contributed by atoms with Crippen molar-refractivity contribution in [2.24, 2.45) is 5.73 Å². The average molecular weight is 296 g/mol. The molecule has 5 nitrogen and oxygen atoms in total. The molecular formula is C14H20N2O3S. The second-order valence-electron chi connectivity index (χ2n) is 4.55. The van der Waals surface area contributed by atoms with Crippen LogP contribution >= 0.6 is 11.8 Å². The van der Waals surface area contributed by atoms with Crippen LogP contribution in [0.3, 0.4) is 0 Å². The lowest BCUT2D eigenvalue weighted by atomic mass is 10.1. The lowest BCUT2D eigenvalue weighted by Crippen LogP contribution is -2.34. The zero-order chi connectivity index (χ0) is 15.1. The molecule has 110 valence electrons. The largest absolute Gasteiger partial charge is 0.480 e. The monoisotopic (exact) mass is 296 g/mol. The van der Waals surface area contributed by atoms with Crippen LogP contribution in [-0.2, 0) is 9.59 Å². The highest BCUT2D eigenvalue weighted by Crippen LogP contribution is 2.19. The Morgan fingerprint density at radius 3 is 2.50 bits per heavy atom. The molecule has 0 saturated carbocycles. The minimum atomic E-state index is -1.05. The number of rotatable bonds is 7. The first-order valence-electron chi connectivity index (χ1n) is 6.30. The third-order valence-corrected chi connectivity index (χ3v) is 4.14. The molecule has 1 rings (SSSR count). The number of hydrogen-bond acceptors (Lipinski definition) is 4. The molecule has 1 amide bonds. The van der Waals surface area contributed by atoms with E-state index in [0.717, 1.165) is 5.56 Å². The van der Waals surface area contributed by atoms with E-state index in [9.17, 15) is 9.59 Å². The van der Waals surface area contributed by atoms with Crippen LogP contribution in [0.1, 0.15) is 18.5 Å². The van der Waals surface area contributed by atoms with Gasteiger partial charge in [-0.05, 0) is 12.5 Å². The van der Waals surface area contributed by atoms with E-state index in [2.05, 4.69) is 0 Å². The quantitative estimate of drug-likeness (QED) is 0.793. The molecular weight excluding hydrogens is 276 g/mol. The smallest absolute Gasteiger partial charge is 0.321 e. The van der Waals surface area contributed by atoms with Crippen LogP contribution in [0.15, 0.2) is 30.3 Å². The number of carboxylic acids is 1. The van der Waals surface area contributed by atoms with Gasteiger partial charge in [-0.15, -0.1) is 11.8 Å². The highest BCUT2D eigenvalue weighted by Gasteiger charge is 2.18. The molecule has 3 N–H and O–H groups in total. The van der Waals surface area contributed by atoms with Gasteiger partial charge in [0, 0.05) is 12.8 Å². The van der Waals surface area contributed by atoms with Gasteiger partial charge in [0.15, 0.2) is 0 Å². The van der Waals surface area contributed by atoms with Crippen molar-refractivity contribution >= 4 is 23.6 Å². The van der Waals surface area contributed by atoms with Gasteiger partial charge in [-0.1, -0.05) is 30.3 Å². The SMILES string of the molecule is CC(c1ccccc1)N(C)C(=O)CSC[C@H](N)C(=O)O. The number of thioether (sulfide) groups is 1. The summed E-state index contributed by atoms with van der Waals surface area (Å²) in [6.07, 6.45) is 0. The van der Waals surface area contributed by atoms with E-state index < -0.39 is 12.0 Å². The van der Waals surface area contributed by atoms with Crippen LogP contribution in [0.4, 0.5) is 0 Å². The molecule has 0 fully saturated rings. The van der Waals surface area contributed by atoms with E-state index in [1.165, 1.54) is 11.8 Å². The Kier molecular flexibility index (Phi) is 6.54. The van der Waals surface area contributed by atoms with E-state index >= 15 is 0 Å². The number of carboxylic acid groups (broad SMARTS) is 1. The number of hydrogen-bond donors (Lipinski definition) is 2. The number of benzene rings is 1. The van der Waals surface area contributed by atoms with Gasteiger partial charge in [0.05, 0.1) is 11.8 Å². The van der Waals surface area contributed by atoms with Gasteiger partial charge in [-0.25, -0.2) is 0 Å². The van der Waals surface area contributed by atoms with Crippen molar-refractivity contribution in [3.8, 4) is 0 Å². The second-order valence-corrected chi connectivity index (χ2v) is 5.58. The van der Waals surface area contributed by atoms with Gasteiger partial charge in [0.1, 0.15) is 6.04 Å². The van der Waals surface area contributed by atoms with Crippen LogP contribution in [0.25, 0.3) is 0 Å². The summed E-state index contributed by atoms with van der Waals surface area (Å²) in [5.41, 5.74) is 6.45. The third kappa shape index (κ3) is 4.86. The topological polar surface area (TPSA) is 83.6 Å². The first kappa shape index (κ1) is 16.5. The van der Waals surface area contributed by atoms with E-state index in [0.29, 0.717) is 0 Å². The Morgan fingerprint density at radius 1 is 1.35 bits per heavy atom. The van der Waals surface area contributed by atoms with Crippen LogP contribution in [0.5, 0.6) is 0 Å². The van der Waals surface area contributed by atoms with Crippen molar-refractivity contribution in [3.05, 3.63) is 35.9 Å². The van der Waals surface area contributed by atoms with Crippen molar-refractivity contribution in [1.29, 1.82) is 0 Å². The predicted octanol–water partition coefficient (Wildman–Crippen LogP) is 1.35. The molecule has 0 aliphatic carbocycles. The minimum absolute atomic E-state index is 0.0163. The third-order valence-electron chi connectivity index (χ3n) is 3.10. The van der Waals surface area contributed by atoms with Crippen LogP contribution in [0, 0.1) is 0 Å². The van der Waals surface area contributed by atoms with Gasteiger partial charge < -0.3 is 15.7 Å². The van der Waals surface area contributed by atoms with Gasteiger partial charge in [-0.2, -0.15) is 0 Å². The number of carbonyl (C=O) groups is 2. The summed E-state index contributed by atoms with van der Waals surface area (Å²) in [5, 5.41) is 8.66. The fourth-order valence-electron chi connectivity index (χ4n) is 1.62. The molecule has 6 heteroatoms. The maximum atomic E-state index is 12.0. The van der Waals surface area contributed by atoms with E-state index in [4.69, 9.17) is 10.8 Å². The minimum Gasteiger partial charge on any atom is -0.480 e. The predicted molar refractivity (Wildman–Crippen MR) is 80.6 cm³/mol. The van der Waals surface area contributed by atoms with Crippen molar-refractivity contribution in [3.63, 3.8) is 0 Å². The average Bonchev–Trinajstić information content (AvgIpc) is 2.46. The van der Waals surface area contributed by atoms with Crippen LogP contribution in [-0.4, -0.2) is 46.5 Å². The Labute approximate surface area is 123 Å². The Bertz CT molecular complexity index is 453. The van der Waals surface area contributed by atoms with E-state index in [-0.39, 0.29) is 23.5 Å². The van der Waals surface area contributed by atoms with E-state index in [1.54, 1.807) is 11.9 Å². The maximum absolute atomic E-state index is 12.0. The molecule has 2 atom stereocenters. The van der Waals surface area contributed by atoms with Crippen molar-refractivity contribution in [2.45, 2.75) is 19.0 Å². The molecule has 20 heavy (non-hydrogen) atoms. The molecule has 1 unspecified atom stereocenters. The highest BCUT2D eigenvalue weighted by molar-refractivity contribution is 8.00. The van der Waals surface area contributed by atoms with Crippen molar-refractivity contribution < 1.29 is 14.7 Å². The van der Waals surface area contributed by atoms with Gasteiger partial charge in [-0.3, -0.25) is 9.59 Å². The van der Waals surface area contributed by atoms with E-state index in [1.807, 2.05) is 37.3 Å². The molecule has 0 spiro atoms. The summed E-state index contributed by atoms with van der Waals surface area (Å²) in [6, 6.07) is 8.81. The first-order valence-corrected chi connectivity index (χ1v) is 7.45. The molecule has 0 heterocycles. The molecule has 0 aliphatic rings. The van der Waals surface area contributed by atoms with Gasteiger partial charge in [0.25, 0.3) is 0 Å². The summed E-state index contributed by atoms with van der Waals surface area (Å²) in [6.45, 7) is 1.96. The lowest BCUT2D eigenvalue weighted by molar-refractivity contribution is -0.138. The number of nitrogens with two attached hydrogens (primary N) is 1. The van der Waals surface area contributed by atoms with Crippen molar-refractivity contribution in [1.82, 2.24) is 4.90 Å². The first-order chi connectivity index (χ1) is 9.43. The summed E-state index contributed by atoms with van der Waals surface area (Å²) in [4.78, 5) is 24.3. The lowest BCUT2D eigenvalue weighted by Gasteiger charge is -2.25. The summed E-state index contributed by atoms with van der Waals surface area (Å²) >= 11 is 1.24. The molecule has 1 aromatic rings. The Morgan fingerprint density at radius 2 is 1.95 bits per heavy atom. The normalized spacial score (nSPS) is 13.6. The highest BCUT2D eigenvalue weighted by atomic mass is 32.2. The molecule has 0 aromatic heterocycles. The van der Waals surface area contributed by atoms with Crippen LogP contribution in [0.2, 0.25) is 0 Å². The number of amides is 1. The Hall–Kier alpha value is -1.53. The molecule has 0 bridgehead atoms. The van der Waals surface area contributed by atoms with Gasteiger partial charge in [0.2, 0.25) is 5.91 Å². The molecule has 1 aromatic carbocycles. The number of nitrogens with zero attached hydrogens (tertiary/aromatic N) is 1. The fourth-order valence-corrected chi connectivity index (χ4v) is 2.51. The standard InChI is InChI=1S/C14H20N2O3S/c1-10(11-6-4-3-5-7-11)16(2)13(17)9-20-8-12(15)14(18)19/h3-7,10,12H,8-9,15H2,1-2H3,(H,18,19)/t10?,12-/m0/s1. The summed E-state index contributed by atoms with van der Waals surface area (Å²) in [7, 11) is 1.75. The molecule has 0 aliphatic heterocycles. The summed E-state index contributed by atoms with van der Waals surface area (Å²) in [5.74, 6) is -0.622. The van der Waals surface area contributed by atoms with Crippen molar-refractivity contribution in [2.75, 3.05) is 18.6 Å². The van der Waals surface area contributed by atoms with Gasteiger partial charge >= 0.3 is 5.97 Å². The molecule has 0 radical (unpaired) electrons. The van der Waals surface area contributed by atoms with Crippen LogP contribution < -0.4 is 5.73 Å². The molecule has 0 saturated heterocycles. The fraction of sp³-hybridized carbons (Fsp3) is 0.429. The second kappa shape index (κ2) is 7.91.